The summed E-state index contributed by atoms with van der Waals surface area (Å²) in [6.07, 6.45) is 1.50. The van der Waals surface area contributed by atoms with Crippen LogP contribution < -0.4 is 4.31 Å². The number of rotatable bonds is 4. The van der Waals surface area contributed by atoms with Crippen molar-refractivity contribution in [1.29, 1.82) is 0 Å². The van der Waals surface area contributed by atoms with E-state index in [1.54, 1.807) is 24.3 Å². The zero-order valence-electron chi connectivity index (χ0n) is 12.5. The van der Waals surface area contributed by atoms with Gasteiger partial charge in [0.25, 0.3) is 0 Å². The molecular weight excluding hydrogens is 337 g/mol. The summed E-state index contributed by atoms with van der Waals surface area (Å²) in [7, 11) is -3.69. The summed E-state index contributed by atoms with van der Waals surface area (Å²) in [6.45, 7) is 0. The molecule has 122 valence electrons. The molecule has 0 amide bonds. The number of anilines is 2. The van der Waals surface area contributed by atoms with Crippen molar-refractivity contribution in [2.45, 2.75) is 24.5 Å². The van der Waals surface area contributed by atoms with E-state index in [4.69, 9.17) is 11.6 Å². The second-order valence-electron chi connectivity index (χ2n) is 5.55. The van der Waals surface area contributed by atoms with Crippen LogP contribution >= 0.6 is 11.6 Å². The summed E-state index contributed by atoms with van der Waals surface area (Å²) in [5, 5.41) is -0.587. The lowest BCUT2D eigenvalue weighted by molar-refractivity contribution is 0.560. The average Bonchev–Trinajstić information content (AvgIpc) is 2.54. The van der Waals surface area contributed by atoms with Gasteiger partial charge in [0.05, 0.1) is 16.6 Å². The van der Waals surface area contributed by atoms with Gasteiger partial charge in [-0.15, -0.1) is 11.6 Å². The van der Waals surface area contributed by atoms with Gasteiger partial charge in [0.1, 0.15) is 5.82 Å². The highest BCUT2D eigenvalue weighted by Crippen LogP contribution is 2.40. The molecule has 3 rings (SSSR count). The fourth-order valence-corrected chi connectivity index (χ4v) is 5.14. The number of sulfonamides is 1. The predicted octanol–water partition coefficient (Wildman–Crippen LogP) is 4.24. The van der Waals surface area contributed by atoms with Gasteiger partial charge in [0, 0.05) is 5.88 Å². The summed E-state index contributed by atoms with van der Waals surface area (Å²) >= 11 is 5.72. The zero-order chi connectivity index (χ0) is 16.4. The van der Waals surface area contributed by atoms with Crippen molar-refractivity contribution in [2.24, 2.45) is 0 Å². The molecule has 1 aliphatic rings. The summed E-state index contributed by atoms with van der Waals surface area (Å²) in [5.41, 5.74) is 1.50. The topological polar surface area (TPSA) is 37.4 Å². The molecule has 2 aromatic carbocycles. The highest BCUT2D eigenvalue weighted by Gasteiger charge is 2.39. The number of benzene rings is 2. The third-order valence-electron chi connectivity index (χ3n) is 4.06. The van der Waals surface area contributed by atoms with E-state index in [1.165, 1.54) is 12.1 Å². The van der Waals surface area contributed by atoms with Crippen molar-refractivity contribution in [2.75, 3.05) is 10.2 Å². The van der Waals surface area contributed by atoms with E-state index in [-0.39, 0.29) is 5.69 Å². The first-order valence-corrected chi connectivity index (χ1v) is 9.52. The second kappa shape index (κ2) is 6.49. The Bertz CT molecular complexity index is 810. The molecule has 0 radical (unpaired) electrons. The lowest BCUT2D eigenvalue weighted by Gasteiger charge is -2.35. The van der Waals surface area contributed by atoms with Crippen LogP contribution in [-0.2, 0) is 16.4 Å². The molecule has 6 heteroatoms. The molecule has 0 aliphatic carbocycles. The Labute approximate surface area is 140 Å². The smallest absolute Gasteiger partial charge is 0.235 e. The maximum Gasteiger partial charge on any atom is 0.242 e. The predicted molar refractivity (Wildman–Crippen MR) is 91.3 cm³/mol. The van der Waals surface area contributed by atoms with E-state index in [0.717, 1.165) is 9.87 Å². The third-order valence-corrected chi connectivity index (χ3v) is 6.48. The van der Waals surface area contributed by atoms with Crippen LogP contribution in [0.25, 0.3) is 0 Å². The number of fused-ring (bicyclic) bond motifs is 1. The molecule has 1 heterocycles. The van der Waals surface area contributed by atoms with Gasteiger partial charge in [-0.1, -0.05) is 30.3 Å². The van der Waals surface area contributed by atoms with Crippen LogP contribution in [0.4, 0.5) is 15.8 Å². The van der Waals surface area contributed by atoms with Gasteiger partial charge in [0.2, 0.25) is 10.0 Å². The molecule has 0 saturated carbocycles. The van der Waals surface area contributed by atoms with Gasteiger partial charge in [-0.25, -0.2) is 17.1 Å². The summed E-state index contributed by atoms with van der Waals surface area (Å²) in [5.74, 6) is -0.142. The first kappa shape index (κ1) is 16.3. The third kappa shape index (κ3) is 2.95. The van der Waals surface area contributed by atoms with Gasteiger partial charge in [-0.05, 0) is 43.0 Å². The van der Waals surface area contributed by atoms with Crippen LogP contribution in [-0.4, -0.2) is 19.5 Å². The Kier molecular flexibility index (Phi) is 4.60. The number of hydrogen-bond donors (Lipinski definition) is 0. The second-order valence-corrected chi connectivity index (χ2v) is 7.99. The first-order valence-electron chi connectivity index (χ1n) is 7.48. The van der Waals surface area contributed by atoms with Crippen molar-refractivity contribution in [3.05, 3.63) is 59.9 Å². The Balaban J connectivity index is 2.16. The molecule has 1 atom stereocenters. The lowest BCUT2D eigenvalue weighted by atomic mass is 10.0. The Morgan fingerprint density at radius 3 is 2.43 bits per heavy atom. The summed E-state index contributed by atoms with van der Waals surface area (Å²) in [6, 6.07) is 13.2. The van der Waals surface area contributed by atoms with Gasteiger partial charge in [-0.3, -0.25) is 0 Å². The Hall–Kier alpha value is -1.59. The first-order chi connectivity index (χ1) is 11.1. The molecule has 0 N–H and O–H groups in total. The summed E-state index contributed by atoms with van der Waals surface area (Å²) in [4.78, 5) is 0. The van der Waals surface area contributed by atoms with Gasteiger partial charge in [0.15, 0.2) is 0 Å². The van der Waals surface area contributed by atoms with E-state index in [9.17, 15) is 12.8 Å². The van der Waals surface area contributed by atoms with Gasteiger partial charge < -0.3 is 0 Å². The normalized spacial score (nSPS) is 19.4. The van der Waals surface area contributed by atoms with Crippen molar-refractivity contribution < 1.29 is 12.8 Å². The number of hydrogen-bond acceptors (Lipinski definition) is 2. The summed E-state index contributed by atoms with van der Waals surface area (Å²) < 4.78 is 41.5. The Morgan fingerprint density at radius 2 is 1.74 bits per heavy atom. The molecule has 3 nitrogen and oxygen atoms in total. The molecule has 0 bridgehead atoms. The highest BCUT2D eigenvalue weighted by molar-refractivity contribution is 7.93. The van der Waals surface area contributed by atoms with Gasteiger partial charge >= 0.3 is 0 Å². The SMILES string of the molecule is O=S1(=O)C(CCCCl)Cc2ccccc2N1c1ccccc1F. The van der Waals surface area contributed by atoms with Crippen LogP contribution in [0.2, 0.25) is 0 Å². The fourth-order valence-electron chi connectivity index (χ4n) is 2.96. The fraction of sp³-hybridized carbons (Fsp3) is 0.294. The number of halogens is 2. The molecule has 0 fully saturated rings. The monoisotopic (exact) mass is 353 g/mol. The maximum absolute atomic E-state index is 14.3. The molecule has 23 heavy (non-hydrogen) atoms. The number of alkyl halides is 1. The van der Waals surface area contributed by atoms with Crippen LogP contribution in [0.1, 0.15) is 18.4 Å². The van der Waals surface area contributed by atoms with E-state index < -0.39 is 21.1 Å². The molecule has 1 aliphatic heterocycles. The number of nitrogens with zero attached hydrogens (tertiary/aromatic N) is 1. The van der Waals surface area contributed by atoms with Crippen molar-refractivity contribution in [3.8, 4) is 0 Å². The van der Waals surface area contributed by atoms with E-state index in [0.29, 0.717) is 30.8 Å². The van der Waals surface area contributed by atoms with Crippen molar-refractivity contribution >= 4 is 33.0 Å². The van der Waals surface area contributed by atoms with Gasteiger partial charge in [-0.2, -0.15) is 0 Å². The molecule has 0 spiro atoms. The minimum absolute atomic E-state index is 0.0653. The van der Waals surface area contributed by atoms with Crippen LogP contribution in [0.3, 0.4) is 0 Å². The van der Waals surface area contributed by atoms with E-state index >= 15 is 0 Å². The number of para-hydroxylation sites is 2. The highest BCUT2D eigenvalue weighted by atomic mass is 35.5. The minimum Gasteiger partial charge on any atom is -0.235 e. The zero-order valence-corrected chi connectivity index (χ0v) is 14.0. The van der Waals surface area contributed by atoms with Crippen LogP contribution in [0.15, 0.2) is 48.5 Å². The molecule has 2 aromatic rings. The molecular formula is C17H17ClFNO2S. The lowest BCUT2D eigenvalue weighted by Crippen LogP contribution is -2.41. The molecule has 1 unspecified atom stereocenters. The molecule has 0 aromatic heterocycles. The quantitative estimate of drug-likeness (QED) is 0.771. The maximum atomic E-state index is 14.3. The van der Waals surface area contributed by atoms with E-state index in [1.807, 2.05) is 12.1 Å². The molecule has 0 saturated heterocycles. The van der Waals surface area contributed by atoms with Crippen molar-refractivity contribution in [1.82, 2.24) is 0 Å². The Morgan fingerprint density at radius 1 is 1.09 bits per heavy atom. The van der Waals surface area contributed by atoms with Crippen LogP contribution in [0.5, 0.6) is 0 Å². The standard InChI is InChI=1S/C17H17ClFNO2S/c18-11-5-7-14-12-13-6-1-3-9-16(13)20(23(14,21)22)17-10-4-2-8-15(17)19/h1-4,6,8-10,14H,5,7,11-12H2. The van der Waals surface area contributed by atoms with Crippen LogP contribution in [0, 0.1) is 5.82 Å². The largest absolute Gasteiger partial charge is 0.242 e. The minimum atomic E-state index is -3.69. The average molecular weight is 354 g/mol. The van der Waals surface area contributed by atoms with E-state index in [2.05, 4.69) is 0 Å². The van der Waals surface area contributed by atoms with Crippen molar-refractivity contribution in [3.63, 3.8) is 0 Å².